The van der Waals surface area contributed by atoms with E-state index in [2.05, 4.69) is 19.6 Å². The lowest BCUT2D eigenvalue weighted by Gasteiger charge is -2.38. The van der Waals surface area contributed by atoms with Gasteiger partial charge in [-0.2, -0.15) is 0 Å². The van der Waals surface area contributed by atoms with E-state index in [4.69, 9.17) is 0 Å². The molecule has 1 aliphatic rings. The van der Waals surface area contributed by atoms with Gasteiger partial charge in [-0.25, -0.2) is 0 Å². The van der Waals surface area contributed by atoms with E-state index >= 15 is 0 Å². The Balaban J connectivity index is 2.81. The average molecular weight is 174 g/mol. The number of hydrogen-bond donors (Lipinski definition) is 2. The number of aliphatic hydroxyl groups is 2. The van der Waals surface area contributed by atoms with Crippen LogP contribution in [0.2, 0.25) is 19.6 Å². The van der Waals surface area contributed by atoms with Gasteiger partial charge in [0.2, 0.25) is 0 Å². The van der Waals surface area contributed by atoms with E-state index < -0.39 is 19.4 Å². The molecule has 1 rings (SSSR count). The standard InChI is InChI=1S/C8H18O2Si/c1-11(2,3)8(10)6-4-5-7(8)9/h7,9-10H,4-6H2,1-3H3. The van der Waals surface area contributed by atoms with Gasteiger partial charge in [0, 0.05) is 0 Å². The van der Waals surface area contributed by atoms with Crippen LogP contribution in [0.1, 0.15) is 19.3 Å². The SMILES string of the molecule is C[Si](C)(C)C1(O)CCCC1O. The highest BCUT2D eigenvalue weighted by atomic mass is 28.3. The van der Waals surface area contributed by atoms with Crippen LogP contribution in [-0.4, -0.2) is 29.6 Å². The molecule has 0 aromatic carbocycles. The van der Waals surface area contributed by atoms with Gasteiger partial charge >= 0.3 is 0 Å². The van der Waals surface area contributed by atoms with Gasteiger partial charge in [-0.1, -0.05) is 19.6 Å². The Morgan fingerprint density at radius 2 is 1.91 bits per heavy atom. The summed E-state index contributed by atoms with van der Waals surface area (Å²) in [4.78, 5) is 0. The molecule has 2 unspecified atom stereocenters. The van der Waals surface area contributed by atoms with E-state index in [1.807, 2.05) is 0 Å². The molecule has 0 aliphatic heterocycles. The second-order valence-corrected chi connectivity index (χ2v) is 9.95. The van der Waals surface area contributed by atoms with Crippen LogP contribution >= 0.6 is 0 Å². The average Bonchev–Trinajstić information content (AvgIpc) is 2.12. The monoisotopic (exact) mass is 174 g/mol. The van der Waals surface area contributed by atoms with E-state index in [1.54, 1.807) is 0 Å². The maximum atomic E-state index is 10.1. The molecule has 2 nitrogen and oxygen atoms in total. The van der Waals surface area contributed by atoms with E-state index in [1.165, 1.54) is 0 Å². The lowest BCUT2D eigenvalue weighted by atomic mass is 10.2. The van der Waals surface area contributed by atoms with Gasteiger partial charge in [-0.05, 0) is 19.3 Å². The zero-order valence-electron chi connectivity index (χ0n) is 7.59. The summed E-state index contributed by atoms with van der Waals surface area (Å²) >= 11 is 0. The third-order valence-corrected chi connectivity index (χ3v) is 6.07. The van der Waals surface area contributed by atoms with Crippen LogP contribution in [0.4, 0.5) is 0 Å². The predicted octanol–water partition coefficient (Wildman–Crippen LogP) is 1.14. The second kappa shape index (κ2) is 2.57. The molecule has 0 aromatic rings. The predicted molar refractivity (Wildman–Crippen MR) is 48.2 cm³/mol. The summed E-state index contributed by atoms with van der Waals surface area (Å²) in [5.74, 6) is 0. The highest BCUT2D eigenvalue weighted by Crippen LogP contribution is 2.37. The molecule has 66 valence electrons. The molecule has 2 N–H and O–H groups in total. The van der Waals surface area contributed by atoms with Crippen molar-refractivity contribution in [3.05, 3.63) is 0 Å². The quantitative estimate of drug-likeness (QED) is 0.585. The van der Waals surface area contributed by atoms with Gasteiger partial charge in [-0.3, -0.25) is 0 Å². The normalized spacial score (nSPS) is 39.5. The summed E-state index contributed by atoms with van der Waals surface area (Å²) in [6.07, 6.45) is 2.08. The van der Waals surface area contributed by atoms with Gasteiger partial charge in [-0.15, -0.1) is 0 Å². The molecule has 0 heterocycles. The van der Waals surface area contributed by atoms with Gasteiger partial charge in [0.25, 0.3) is 0 Å². The van der Waals surface area contributed by atoms with Gasteiger partial charge in [0.15, 0.2) is 0 Å². The van der Waals surface area contributed by atoms with Crippen molar-refractivity contribution >= 4 is 8.07 Å². The van der Waals surface area contributed by atoms with Crippen LogP contribution in [0.15, 0.2) is 0 Å². The zero-order chi connectivity index (χ0) is 8.70. The number of aliphatic hydroxyl groups excluding tert-OH is 1. The fourth-order valence-electron chi connectivity index (χ4n) is 1.85. The van der Waals surface area contributed by atoms with Gasteiger partial charge in [0.1, 0.15) is 0 Å². The van der Waals surface area contributed by atoms with Crippen molar-refractivity contribution in [2.45, 2.75) is 50.2 Å². The van der Waals surface area contributed by atoms with Crippen LogP contribution in [0.3, 0.4) is 0 Å². The maximum Gasteiger partial charge on any atom is 0.0854 e. The first-order valence-electron chi connectivity index (χ1n) is 4.28. The summed E-state index contributed by atoms with van der Waals surface area (Å²) in [5, 5.41) is 19.0. The molecule has 1 aliphatic carbocycles. The number of hydrogen-bond acceptors (Lipinski definition) is 2. The summed E-state index contributed by atoms with van der Waals surface area (Å²) in [7, 11) is -1.61. The fraction of sp³-hybridized carbons (Fsp3) is 1.00. The Morgan fingerprint density at radius 3 is 2.09 bits per heavy atom. The van der Waals surface area contributed by atoms with Crippen molar-refractivity contribution in [1.82, 2.24) is 0 Å². The smallest absolute Gasteiger partial charge is 0.0854 e. The molecule has 0 bridgehead atoms. The summed E-state index contributed by atoms with van der Waals surface area (Å²) < 4.78 is 0. The van der Waals surface area contributed by atoms with Crippen molar-refractivity contribution in [2.24, 2.45) is 0 Å². The molecule has 3 heteroatoms. The van der Waals surface area contributed by atoms with E-state index in [-0.39, 0.29) is 0 Å². The number of rotatable bonds is 1. The third-order valence-electron chi connectivity index (χ3n) is 2.89. The summed E-state index contributed by atoms with van der Waals surface area (Å²) in [6.45, 7) is 6.34. The van der Waals surface area contributed by atoms with Crippen molar-refractivity contribution in [1.29, 1.82) is 0 Å². The lowest BCUT2D eigenvalue weighted by molar-refractivity contribution is 0.00198. The van der Waals surface area contributed by atoms with Crippen LogP contribution in [0, 0.1) is 0 Å². The Morgan fingerprint density at radius 1 is 1.36 bits per heavy atom. The third kappa shape index (κ3) is 1.37. The first-order valence-corrected chi connectivity index (χ1v) is 7.78. The van der Waals surface area contributed by atoms with E-state index in [9.17, 15) is 10.2 Å². The van der Waals surface area contributed by atoms with Crippen LogP contribution < -0.4 is 0 Å². The molecular weight excluding hydrogens is 156 g/mol. The van der Waals surface area contributed by atoms with Crippen molar-refractivity contribution in [3.63, 3.8) is 0 Å². The first kappa shape index (κ1) is 9.23. The summed E-state index contributed by atoms with van der Waals surface area (Å²) in [6, 6.07) is 0. The lowest BCUT2D eigenvalue weighted by Crippen LogP contribution is -2.57. The highest BCUT2D eigenvalue weighted by molar-refractivity contribution is 6.79. The van der Waals surface area contributed by atoms with E-state index in [0.29, 0.717) is 0 Å². The van der Waals surface area contributed by atoms with Gasteiger partial charge in [0.05, 0.1) is 19.4 Å². The minimum atomic E-state index is -1.61. The van der Waals surface area contributed by atoms with Crippen LogP contribution in [0.5, 0.6) is 0 Å². The van der Waals surface area contributed by atoms with Crippen LogP contribution in [0.25, 0.3) is 0 Å². The molecule has 0 amide bonds. The minimum absolute atomic E-state index is 0.464. The topological polar surface area (TPSA) is 40.5 Å². The largest absolute Gasteiger partial charge is 0.391 e. The molecule has 2 atom stereocenters. The minimum Gasteiger partial charge on any atom is -0.391 e. The zero-order valence-corrected chi connectivity index (χ0v) is 8.59. The van der Waals surface area contributed by atoms with Crippen LogP contribution in [-0.2, 0) is 0 Å². The van der Waals surface area contributed by atoms with Crippen molar-refractivity contribution in [2.75, 3.05) is 0 Å². The fourth-order valence-corrected chi connectivity index (χ4v) is 3.92. The summed E-state index contributed by atoms with van der Waals surface area (Å²) in [5.41, 5.74) is 0. The molecule has 0 aromatic heterocycles. The Bertz CT molecular complexity index is 153. The second-order valence-electron chi connectivity index (χ2n) is 4.58. The molecule has 0 saturated heterocycles. The van der Waals surface area contributed by atoms with Gasteiger partial charge < -0.3 is 10.2 Å². The molecule has 0 radical (unpaired) electrons. The molecule has 11 heavy (non-hydrogen) atoms. The van der Waals surface area contributed by atoms with Crippen molar-refractivity contribution < 1.29 is 10.2 Å². The van der Waals surface area contributed by atoms with E-state index in [0.717, 1.165) is 19.3 Å². The maximum absolute atomic E-state index is 10.1. The van der Waals surface area contributed by atoms with Crippen molar-refractivity contribution in [3.8, 4) is 0 Å². The molecule has 1 saturated carbocycles. The molecular formula is C8H18O2Si. The Hall–Kier alpha value is 0.137. The molecule has 1 fully saturated rings. The Kier molecular flexibility index (Phi) is 2.16. The molecule has 0 spiro atoms. The highest BCUT2D eigenvalue weighted by Gasteiger charge is 2.49. The first-order chi connectivity index (χ1) is 4.88. The Labute approximate surface area is 69.3 Å².